The molecule has 0 aromatic heterocycles. The average molecular weight is 364 g/mol. The molecule has 1 rings (SSSR count). The van der Waals surface area contributed by atoms with E-state index in [0.29, 0.717) is 25.9 Å². The Labute approximate surface area is 156 Å². The van der Waals surface area contributed by atoms with Crippen LogP contribution in [0.1, 0.15) is 70.8 Å². The highest BCUT2D eigenvalue weighted by molar-refractivity contribution is 5.69. The summed E-state index contributed by atoms with van der Waals surface area (Å²) in [4.78, 5) is 23.4. The third-order valence-electron chi connectivity index (χ3n) is 4.07. The molecular weight excluding hydrogens is 332 g/mol. The van der Waals surface area contributed by atoms with Crippen LogP contribution in [0, 0.1) is 0 Å². The second kappa shape index (κ2) is 13.3. The van der Waals surface area contributed by atoms with E-state index >= 15 is 0 Å². The first-order valence-corrected chi connectivity index (χ1v) is 9.54. The number of benzene rings is 1. The summed E-state index contributed by atoms with van der Waals surface area (Å²) in [5, 5.41) is 9.17. The maximum atomic E-state index is 11.7. The second-order valence-electron chi connectivity index (χ2n) is 6.79. The van der Waals surface area contributed by atoms with Crippen LogP contribution in [0.4, 0.5) is 0 Å². The van der Waals surface area contributed by atoms with Crippen molar-refractivity contribution in [3.05, 3.63) is 35.9 Å². The van der Waals surface area contributed by atoms with Crippen molar-refractivity contribution in [1.29, 1.82) is 0 Å². The first-order valence-electron chi connectivity index (χ1n) is 9.54. The third-order valence-corrected chi connectivity index (χ3v) is 4.07. The van der Waals surface area contributed by atoms with Crippen molar-refractivity contribution in [2.24, 2.45) is 0 Å². The number of esters is 2. The summed E-state index contributed by atoms with van der Waals surface area (Å²) in [7, 11) is 0. The summed E-state index contributed by atoms with van der Waals surface area (Å²) in [5.74, 6) is -0.387. The Hall–Kier alpha value is -1.88. The largest absolute Gasteiger partial charge is 0.463 e. The van der Waals surface area contributed by atoms with E-state index in [1.807, 2.05) is 37.3 Å². The molecule has 1 N–H and O–H groups in total. The van der Waals surface area contributed by atoms with Crippen molar-refractivity contribution in [3.8, 4) is 0 Å². The van der Waals surface area contributed by atoms with Gasteiger partial charge in [-0.05, 0) is 51.5 Å². The molecule has 0 bridgehead atoms. The number of unbranched alkanes of at least 4 members (excludes halogenated alkanes) is 2. The van der Waals surface area contributed by atoms with Crippen molar-refractivity contribution in [2.75, 3.05) is 0 Å². The summed E-state index contributed by atoms with van der Waals surface area (Å²) in [6, 6.07) is 9.61. The topological polar surface area (TPSA) is 72.8 Å². The van der Waals surface area contributed by atoms with Gasteiger partial charge >= 0.3 is 11.9 Å². The van der Waals surface area contributed by atoms with Crippen LogP contribution in [0.3, 0.4) is 0 Å². The lowest BCUT2D eigenvalue weighted by Crippen LogP contribution is -2.15. The lowest BCUT2D eigenvalue weighted by atomic mass is 10.1. The van der Waals surface area contributed by atoms with Gasteiger partial charge in [0.25, 0.3) is 0 Å². The Kier molecular flexibility index (Phi) is 11.4. The molecule has 26 heavy (non-hydrogen) atoms. The number of aliphatic hydroxyl groups excluding tert-OH is 1. The first-order chi connectivity index (χ1) is 12.5. The van der Waals surface area contributed by atoms with Crippen molar-refractivity contribution >= 4 is 11.9 Å². The van der Waals surface area contributed by atoms with Crippen LogP contribution in [-0.2, 0) is 25.7 Å². The van der Waals surface area contributed by atoms with E-state index in [9.17, 15) is 9.59 Å². The lowest BCUT2D eigenvalue weighted by molar-refractivity contribution is -0.149. The summed E-state index contributed by atoms with van der Waals surface area (Å²) >= 11 is 0. The maximum Gasteiger partial charge on any atom is 0.306 e. The first kappa shape index (κ1) is 22.2. The van der Waals surface area contributed by atoms with Gasteiger partial charge in [0, 0.05) is 12.8 Å². The minimum absolute atomic E-state index is 0.139. The van der Waals surface area contributed by atoms with Gasteiger partial charge in [0.1, 0.15) is 6.61 Å². The SMILES string of the molecule is C[C@H](CCCCC(=O)OCc1ccccc1)OC(=O)CCCC[C@@H](C)O. The number of rotatable bonds is 13. The van der Waals surface area contributed by atoms with Crippen molar-refractivity contribution in [1.82, 2.24) is 0 Å². The predicted molar refractivity (Wildman–Crippen MR) is 100 cm³/mol. The Balaban J connectivity index is 2.02. The fraction of sp³-hybridized carbons (Fsp3) is 0.619. The van der Waals surface area contributed by atoms with Crippen LogP contribution in [-0.4, -0.2) is 29.3 Å². The zero-order chi connectivity index (χ0) is 19.2. The fourth-order valence-corrected chi connectivity index (χ4v) is 2.56. The molecule has 0 aliphatic heterocycles. The van der Waals surface area contributed by atoms with E-state index in [4.69, 9.17) is 14.6 Å². The van der Waals surface area contributed by atoms with Gasteiger partial charge in [-0.15, -0.1) is 0 Å². The van der Waals surface area contributed by atoms with E-state index in [0.717, 1.165) is 37.7 Å². The molecule has 0 saturated carbocycles. The Morgan fingerprint density at radius 1 is 0.923 bits per heavy atom. The highest BCUT2D eigenvalue weighted by Gasteiger charge is 2.10. The van der Waals surface area contributed by atoms with E-state index in [-0.39, 0.29) is 24.1 Å². The molecular formula is C21H32O5. The molecule has 2 atom stereocenters. The molecule has 0 aliphatic carbocycles. The average Bonchev–Trinajstić information content (AvgIpc) is 2.61. The van der Waals surface area contributed by atoms with Gasteiger partial charge in [-0.25, -0.2) is 0 Å². The second-order valence-corrected chi connectivity index (χ2v) is 6.79. The standard InChI is InChI=1S/C21H32O5/c1-17(22)10-6-8-15-21(24)26-18(2)11-7-9-14-20(23)25-16-19-12-4-3-5-13-19/h3-5,12-13,17-18,22H,6-11,14-16H2,1-2H3/t17-,18-/m1/s1. The number of carbonyl (C=O) groups is 2. The molecule has 0 amide bonds. The monoisotopic (exact) mass is 364 g/mol. The van der Waals surface area contributed by atoms with E-state index in [1.165, 1.54) is 0 Å². The molecule has 0 spiro atoms. The molecule has 5 nitrogen and oxygen atoms in total. The Bertz CT molecular complexity index is 512. The molecule has 0 aliphatic rings. The molecule has 0 saturated heterocycles. The number of carbonyl (C=O) groups excluding carboxylic acids is 2. The number of aliphatic hydroxyl groups is 1. The molecule has 146 valence electrons. The summed E-state index contributed by atoms with van der Waals surface area (Å²) in [5.41, 5.74) is 0.981. The minimum Gasteiger partial charge on any atom is -0.463 e. The smallest absolute Gasteiger partial charge is 0.306 e. The molecule has 0 heterocycles. The predicted octanol–water partition coefficient (Wildman–Crippen LogP) is 4.16. The summed E-state index contributed by atoms with van der Waals surface area (Å²) in [6.45, 7) is 3.93. The van der Waals surface area contributed by atoms with Crippen molar-refractivity contribution in [3.63, 3.8) is 0 Å². The quantitative estimate of drug-likeness (QED) is 0.420. The molecule has 0 unspecified atom stereocenters. The van der Waals surface area contributed by atoms with Crippen LogP contribution < -0.4 is 0 Å². The van der Waals surface area contributed by atoms with Crippen molar-refractivity contribution < 1.29 is 24.2 Å². The van der Waals surface area contributed by atoms with Gasteiger partial charge < -0.3 is 14.6 Å². The van der Waals surface area contributed by atoms with E-state index in [1.54, 1.807) is 6.92 Å². The lowest BCUT2D eigenvalue weighted by Gasteiger charge is -2.13. The van der Waals surface area contributed by atoms with Crippen LogP contribution in [0.25, 0.3) is 0 Å². The normalized spacial score (nSPS) is 13.0. The fourth-order valence-electron chi connectivity index (χ4n) is 2.56. The third kappa shape index (κ3) is 11.6. The van der Waals surface area contributed by atoms with Gasteiger partial charge in [0.15, 0.2) is 0 Å². The molecule has 1 aromatic rings. The zero-order valence-electron chi connectivity index (χ0n) is 16.0. The zero-order valence-corrected chi connectivity index (χ0v) is 16.0. The van der Waals surface area contributed by atoms with Gasteiger partial charge in [0.05, 0.1) is 12.2 Å². The minimum atomic E-state index is -0.315. The van der Waals surface area contributed by atoms with Gasteiger partial charge in [-0.3, -0.25) is 9.59 Å². The summed E-state index contributed by atoms with van der Waals surface area (Å²) < 4.78 is 10.6. The van der Waals surface area contributed by atoms with Gasteiger partial charge in [-0.1, -0.05) is 36.8 Å². The number of ether oxygens (including phenoxy) is 2. The molecule has 0 fully saturated rings. The highest BCUT2D eigenvalue weighted by Crippen LogP contribution is 2.11. The molecule has 5 heteroatoms. The molecule has 0 radical (unpaired) electrons. The highest BCUT2D eigenvalue weighted by atomic mass is 16.5. The summed E-state index contributed by atoms with van der Waals surface area (Å²) in [6.07, 6.45) is 4.88. The Morgan fingerprint density at radius 3 is 2.19 bits per heavy atom. The van der Waals surface area contributed by atoms with Crippen LogP contribution in [0.15, 0.2) is 30.3 Å². The Morgan fingerprint density at radius 2 is 1.54 bits per heavy atom. The van der Waals surface area contributed by atoms with Crippen molar-refractivity contribution in [2.45, 2.75) is 84.0 Å². The van der Waals surface area contributed by atoms with E-state index < -0.39 is 0 Å². The van der Waals surface area contributed by atoms with Gasteiger partial charge in [-0.2, -0.15) is 0 Å². The molecule has 1 aromatic carbocycles. The number of hydrogen-bond donors (Lipinski definition) is 1. The van der Waals surface area contributed by atoms with Crippen LogP contribution in [0.5, 0.6) is 0 Å². The maximum absolute atomic E-state index is 11.7. The van der Waals surface area contributed by atoms with Crippen LogP contribution >= 0.6 is 0 Å². The van der Waals surface area contributed by atoms with Gasteiger partial charge in [0.2, 0.25) is 0 Å². The number of hydrogen-bond acceptors (Lipinski definition) is 5. The van der Waals surface area contributed by atoms with E-state index in [2.05, 4.69) is 0 Å². The van der Waals surface area contributed by atoms with Crippen LogP contribution in [0.2, 0.25) is 0 Å².